The van der Waals surface area contributed by atoms with Gasteiger partial charge >= 0.3 is 23.9 Å². The van der Waals surface area contributed by atoms with Crippen molar-refractivity contribution in [2.75, 3.05) is 7.11 Å². The summed E-state index contributed by atoms with van der Waals surface area (Å²) in [7, 11) is 1.56. The molecule has 0 bridgehead atoms. The first-order chi connectivity index (χ1) is 21.8. The molecule has 0 aromatic heterocycles. The number of carbonyl (C=O) groups is 4. The largest absolute Gasteiger partial charge is 0.497 e. The molecule has 0 heterocycles. The van der Waals surface area contributed by atoms with Gasteiger partial charge in [-0.2, -0.15) is 0 Å². The Bertz CT molecular complexity index is 1160. The molecule has 45 heavy (non-hydrogen) atoms. The summed E-state index contributed by atoms with van der Waals surface area (Å²) in [6.45, 7) is 6.20. The van der Waals surface area contributed by atoms with E-state index < -0.39 is 23.9 Å². The zero-order chi connectivity index (χ0) is 32.9. The molecule has 2 aromatic carbocycles. The second-order valence-electron chi connectivity index (χ2n) is 11.1. The van der Waals surface area contributed by atoms with Crippen LogP contribution in [0.4, 0.5) is 0 Å². The molecular formula is C36H50O9. The molecule has 9 nitrogen and oxygen atoms in total. The molecular weight excluding hydrogens is 576 g/mol. The van der Waals surface area contributed by atoms with E-state index in [1.54, 1.807) is 31.4 Å². The quantitative estimate of drug-likeness (QED) is 0.0719. The number of unbranched alkanes of at least 4 members (excludes halogenated alkanes) is 9. The average Bonchev–Trinajstić information content (AvgIpc) is 3.04. The molecule has 9 heteroatoms. The minimum Gasteiger partial charge on any atom is -0.497 e. The Labute approximate surface area is 267 Å². The molecule has 0 aliphatic carbocycles. The Morgan fingerprint density at radius 2 is 1.02 bits per heavy atom. The summed E-state index contributed by atoms with van der Waals surface area (Å²) >= 11 is 0. The van der Waals surface area contributed by atoms with Gasteiger partial charge in [0.15, 0.2) is 11.5 Å². The van der Waals surface area contributed by atoms with Crippen molar-refractivity contribution >= 4 is 23.9 Å². The average molecular weight is 627 g/mol. The molecule has 0 atom stereocenters. The molecule has 2 aromatic rings. The molecule has 0 N–H and O–H groups in total. The molecule has 0 aliphatic rings. The smallest absolute Gasteiger partial charge is 0.338 e. The van der Waals surface area contributed by atoms with Gasteiger partial charge in [0, 0.05) is 19.3 Å². The van der Waals surface area contributed by atoms with Crippen molar-refractivity contribution < 1.29 is 42.9 Å². The minimum atomic E-state index is -0.733. The van der Waals surface area contributed by atoms with Crippen LogP contribution in [0, 0.1) is 0 Å². The highest BCUT2D eigenvalue weighted by molar-refractivity contribution is 5.92. The van der Waals surface area contributed by atoms with Crippen molar-refractivity contribution in [3.63, 3.8) is 0 Å². The van der Waals surface area contributed by atoms with Gasteiger partial charge in [-0.3, -0.25) is 14.4 Å². The molecule has 0 spiro atoms. The number of esters is 4. The molecule has 0 fully saturated rings. The molecule has 0 saturated heterocycles. The van der Waals surface area contributed by atoms with Crippen molar-refractivity contribution in [3.8, 4) is 23.0 Å². The van der Waals surface area contributed by atoms with E-state index in [9.17, 15) is 19.2 Å². The van der Waals surface area contributed by atoms with Crippen molar-refractivity contribution in [3.05, 3.63) is 47.5 Å². The number of methoxy groups -OCH3 is 1. The molecule has 0 radical (unpaired) electrons. The fourth-order valence-electron chi connectivity index (χ4n) is 4.50. The maximum Gasteiger partial charge on any atom is 0.338 e. The minimum absolute atomic E-state index is 0.0196. The highest BCUT2D eigenvalue weighted by Gasteiger charge is 2.25. The highest BCUT2D eigenvalue weighted by atomic mass is 16.6. The maximum absolute atomic E-state index is 13.2. The third kappa shape index (κ3) is 14.6. The van der Waals surface area contributed by atoms with Crippen LogP contribution in [0.25, 0.3) is 0 Å². The lowest BCUT2D eigenvalue weighted by Crippen LogP contribution is -2.16. The van der Waals surface area contributed by atoms with Crippen molar-refractivity contribution in [1.82, 2.24) is 0 Å². The molecule has 0 saturated carbocycles. The summed E-state index contributed by atoms with van der Waals surface area (Å²) in [4.78, 5) is 51.7. The van der Waals surface area contributed by atoms with Crippen molar-refractivity contribution in [2.24, 2.45) is 0 Å². The van der Waals surface area contributed by atoms with Gasteiger partial charge in [-0.25, -0.2) is 4.79 Å². The van der Waals surface area contributed by atoms with Crippen LogP contribution in [0.5, 0.6) is 23.0 Å². The topological polar surface area (TPSA) is 114 Å². The molecule has 0 aliphatic heterocycles. The van der Waals surface area contributed by atoms with Crippen molar-refractivity contribution in [2.45, 2.75) is 124 Å². The maximum atomic E-state index is 13.2. The predicted molar refractivity (Wildman–Crippen MR) is 172 cm³/mol. The normalized spacial score (nSPS) is 10.7. The number of hydrogen-bond donors (Lipinski definition) is 0. The van der Waals surface area contributed by atoms with Crippen LogP contribution in [0.1, 0.15) is 133 Å². The number of rotatable bonds is 22. The summed E-state index contributed by atoms with van der Waals surface area (Å²) in [6.07, 6.45) is 10.9. The molecule has 0 amide bonds. The SMILES string of the molecule is CCCCCCC(=O)Oc1cc(C(=O)OCc2ccc(OC)cc2)cc(OC(=O)CCCCCC)c1OC(=O)CCCCCC. The van der Waals surface area contributed by atoms with Crippen LogP contribution >= 0.6 is 0 Å². The Kier molecular flexibility index (Phi) is 18.0. The standard InChI is InChI=1S/C36H50O9/c1-5-8-11-14-17-32(37)43-30-24-28(36(40)42-26-27-20-22-29(41-4)23-21-27)25-31(44-33(38)18-15-12-9-6-2)35(30)45-34(39)19-16-13-10-7-3/h20-25H,5-19,26H2,1-4H3. The van der Waals surface area contributed by atoms with Crippen LogP contribution in [0.15, 0.2) is 36.4 Å². The first-order valence-electron chi connectivity index (χ1n) is 16.4. The van der Waals surface area contributed by atoms with Gasteiger partial charge < -0.3 is 23.7 Å². The zero-order valence-corrected chi connectivity index (χ0v) is 27.5. The van der Waals surface area contributed by atoms with Crippen LogP contribution < -0.4 is 18.9 Å². The first kappa shape index (κ1) is 37.3. The van der Waals surface area contributed by atoms with E-state index in [-0.39, 0.29) is 48.7 Å². The number of hydrogen-bond acceptors (Lipinski definition) is 9. The van der Waals surface area contributed by atoms with E-state index in [1.165, 1.54) is 12.1 Å². The third-order valence-corrected chi connectivity index (χ3v) is 7.15. The summed E-state index contributed by atoms with van der Waals surface area (Å²) in [6, 6.07) is 9.63. The Morgan fingerprint density at radius 3 is 1.44 bits per heavy atom. The van der Waals surface area contributed by atoms with Crippen molar-refractivity contribution in [1.29, 1.82) is 0 Å². The van der Waals surface area contributed by atoms with Gasteiger partial charge in [-0.15, -0.1) is 0 Å². The van der Waals surface area contributed by atoms with Crippen LogP contribution in [-0.4, -0.2) is 31.0 Å². The third-order valence-electron chi connectivity index (χ3n) is 7.15. The summed E-state index contributed by atoms with van der Waals surface area (Å²) in [5.41, 5.74) is 0.712. The van der Waals surface area contributed by atoms with E-state index in [0.717, 1.165) is 63.4 Å². The summed E-state index contributed by atoms with van der Waals surface area (Å²) in [5.74, 6) is -2.27. The Balaban J connectivity index is 2.39. The predicted octanol–water partition coefficient (Wildman–Crippen LogP) is 8.68. The number of ether oxygens (including phenoxy) is 5. The Morgan fingerprint density at radius 1 is 0.578 bits per heavy atom. The van der Waals surface area contributed by atoms with E-state index in [2.05, 4.69) is 20.8 Å². The van der Waals surface area contributed by atoms with Gasteiger partial charge in [0.1, 0.15) is 12.4 Å². The molecule has 248 valence electrons. The lowest BCUT2D eigenvalue weighted by Gasteiger charge is -2.16. The fourth-order valence-corrected chi connectivity index (χ4v) is 4.50. The van der Waals surface area contributed by atoms with Crippen LogP contribution in [0.2, 0.25) is 0 Å². The summed E-state index contributed by atoms with van der Waals surface area (Å²) in [5, 5.41) is 0. The second kappa shape index (κ2) is 21.8. The van der Waals surface area contributed by atoms with Gasteiger partial charge in [-0.1, -0.05) is 90.7 Å². The number of benzene rings is 2. The highest BCUT2D eigenvalue weighted by Crippen LogP contribution is 2.40. The lowest BCUT2D eigenvalue weighted by atomic mass is 10.1. The lowest BCUT2D eigenvalue weighted by molar-refractivity contribution is -0.138. The van der Waals surface area contributed by atoms with Crippen LogP contribution in [-0.2, 0) is 25.7 Å². The molecule has 2 rings (SSSR count). The van der Waals surface area contributed by atoms with E-state index >= 15 is 0 Å². The first-order valence-corrected chi connectivity index (χ1v) is 16.4. The van der Waals surface area contributed by atoms with Gasteiger partial charge in [-0.05, 0) is 49.1 Å². The second-order valence-corrected chi connectivity index (χ2v) is 11.1. The van der Waals surface area contributed by atoms with E-state index in [1.807, 2.05) is 0 Å². The fraction of sp³-hybridized carbons (Fsp3) is 0.556. The van der Waals surface area contributed by atoms with E-state index in [0.29, 0.717) is 25.0 Å². The van der Waals surface area contributed by atoms with Gasteiger partial charge in [0.25, 0.3) is 0 Å². The van der Waals surface area contributed by atoms with Gasteiger partial charge in [0.2, 0.25) is 5.75 Å². The monoisotopic (exact) mass is 626 g/mol. The van der Waals surface area contributed by atoms with E-state index in [4.69, 9.17) is 23.7 Å². The zero-order valence-electron chi connectivity index (χ0n) is 27.5. The number of carbonyl (C=O) groups excluding carboxylic acids is 4. The van der Waals surface area contributed by atoms with Gasteiger partial charge in [0.05, 0.1) is 12.7 Å². The Hall–Kier alpha value is -3.88. The summed E-state index contributed by atoms with van der Waals surface area (Å²) < 4.78 is 27.7. The molecule has 0 unspecified atom stereocenters. The van der Waals surface area contributed by atoms with Crippen LogP contribution in [0.3, 0.4) is 0 Å².